The molecule has 3 aliphatic rings. The molecule has 6 heteroatoms. The van der Waals surface area contributed by atoms with Crippen LogP contribution in [-0.2, 0) is 19.1 Å². The van der Waals surface area contributed by atoms with Crippen LogP contribution in [0.5, 0.6) is 0 Å². The second kappa shape index (κ2) is 17.5. The van der Waals surface area contributed by atoms with E-state index in [2.05, 4.69) is 31.1 Å². The maximum absolute atomic E-state index is 12.3. The lowest BCUT2D eigenvalue weighted by Gasteiger charge is -2.37. The van der Waals surface area contributed by atoms with Crippen LogP contribution in [-0.4, -0.2) is 44.2 Å². The lowest BCUT2D eigenvalue weighted by Crippen LogP contribution is -2.42. The highest BCUT2D eigenvalue weighted by Crippen LogP contribution is 2.37. The second-order valence-electron chi connectivity index (χ2n) is 12.2. The minimum Gasteiger partial charge on any atom is -0.466 e. The monoisotopic (exact) mass is 548 g/mol. The van der Waals surface area contributed by atoms with Gasteiger partial charge in [0, 0.05) is 54.0 Å². The molecule has 2 heterocycles. The van der Waals surface area contributed by atoms with E-state index in [0.717, 1.165) is 74.6 Å². The number of aldehydes is 1. The Hall–Kier alpha value is -2.21. The molecule has 1 unspecified atom stereocenters. The van der Waals surface area contributed by atoms with Gasteiger partial charge in [0.25, 0.3) is 5.91 Å². The fourth-order valence-corrected chi connectivity index (χ4v) is 5.39. The van der Waals surface area contributed by atoms with Crippen molar-refractivity contribution < 1.29 is 21.9 Å². The third-order valence-corrected chi connectivity index (χ3v) is 8.25. The fourth-order valence-electron chi connectivity index (χ4n) is 5.39. The van der Waals surface area contributed by atoms with Gasteiger partial charge in [0.2, 0.25) is 0 Å². The van der Waals surface area contributed by atoms with E-state index in [0.29, 0.717) is 35.9 Å². The topological polar surface area (TPSA) is 77.0 Å². The quantitative estimate of drug-likeness (QED) is 0.197. The van der Waals surface area contributed by atoms with Crippen LogP contribution in [0.2, 0.25) is 0 Å². The molecule has 3 rings (SSSR count). The van der Waals surface area contributed by atoms with Crippen LogP contribution in [0.25, 0.3) is 0 Å². The number of allylic oxidation sites excluding steroid dienone is 6. The van der Waals surface area contributed by atoms with Gasteiger partial charge in [-0.3, -0.25) is 14.6 Å². The van der Waals surface area contributed by atoms with E-state index in [9.17, 15) is 9.59 Å². The highest BCUT2D eigenvalue weighted by Gasteiger charge is 2.30. The molecule has 1 N–H and O–H groups in total. The highest BCUT2D eigenvalue weighted by molar-refractivity contribution is 6.39. The minimum absolute atomic E-state index is 0. The number of aliphatic imine (C=N–C) groups is 1. The number of carbonyl (C=O) groups is 2. The number of hydrogen-bond donors (Lipinski definition) is 1. The summed E-state index contributed by atoms with van der Waals surface area (Å²) in [6.45, 7) is 14.6. The van der Waals surface area contributed by atoms with Crippen LogP contribution < -0.4 is 5.32 Å². The number of amides is 1. The summed E-state index contributed by atoms with van der Waals surface area (Å²) in [4.78, 5) is 27.2. The summed E-state index contributed by atoms with van der Waals surface area (Å²) in [5.41, 5.74) is 2.97. The summed E-state index contributed by atoms with van der Waals surface area (Å²) in [5.74, 6) is 3.24. The van der Waals surface area contributed by atoms with Crippen LogP contribution in [0.1, 0.15) is 116 Å². The number of carbonyl (C=O) groups excluding carboxylic acids is 2. The summed E-state index contributed by atoms with van der Waals surface area (Å²) in [6, 6.07) is 0.318. The SMILES string of the molecule is C.C/C=C(/C)CC(=NC)C(=O)NC1CCC(C(C)(C)C)CC1.CC1=C(C=O)CC=C(CC2CCCOCC2)O1.[HH].[HH]. The maximum Gasteiger partial charge on any atom is 0.265 e. The largest absolute Gasteiger partial charge is 0.466 e. The van der Waals surface area contributed by atoms with Crippen molar-refractivity contribution in [1.29, 1.82) is 0 Å². The van der Waals surface area contributed by atoms with Crippen molar-refractivity contribution in [1.82, 2.24) is 5.32 Å². The van der Waals surface area contributed by atoms with E-state index in [1.807, 2.05) is 32.9 Å². The van der Waals surface area contributed by atoms with E-state index in [4.69, 9.17) is 9.47 Å². The van der Waals surface area contributed by atoms with Crippen molar-refractivity contribution in [3.8, 4) is 0 Å². The molecule has 6 nitrogen and oxygen atoms in total. The van der Waals surface area contributed by atoms with E-state index < -0.39 is 0 Å². The first kappa shape index (κ1) is 34.8. The van der Waals surface area contributed by atoms with Crippen molar-refractivity contribution in [2.24, 2.45) is 22.2 Å². The van der Waals surface area contributed by atoms with Gasteiger partial charge in [-0.25, -0.2) is 0 Å². The number of nitrogens with one attached hydrogen (secondary N) is 1. The van der Waals surface area contributed by atoms with Gasteiger partial charge in [-0.1, -0.05) is 39.8 Å². The van der Waals surface area contributed by atoms with Crippen LogP contribution in [0.4, 0.5) is 0 Å². The van der Waals surface area contributed by atoms with E-state index in [-0.39, 0.29) is 16.2 Å². The first-order valence-electron chi connectivity index (χ1n) is 14.5. The molecular weight excluding hydrogens is 488 g/mol. The number of hydrogen-bond acceptors (Lipinski definition) is 5. The minimum atomic E-state index is 0. The predicted molar refractivity (Wildman–Crippen MR) is 167 cm³/mol. The summed E-state index contributed by atoms with van der Waals surface area (Å²) in [5, 5.41) is 3.17. The standard InChI is InChI=1S/C18H32N2O.C14H20O3.CH4.2H2/c1-7-13(2)12-16(19-6)17(21)20-15-10-8-14(9-11-15)18(3,4)5;1-11-13(10-15)4-5-14(17-11)9-12-3-2-7-16-8-6-12;;;/h7,14-15H,8-12H2,1-6H3,(H,20,21);5,10,12H,2-4,6-9H2,1H3;1H4;2*1H/b13-7-,19-16?;;;;. The number of nitrogens with zero attached hydrogens (tertiary/aromatic N) is 1. The van der Waals surface area contributed by atoms with Crippen molar-refractivity contribution in [3.05, 3.63) is 34.8 Å². The Labute approximate surface area is 241 Å². The molecule has 0 bridgehead atoms. The predicted octanol–water partition coefficient (Wildman–Crippen LogP) is 8.23. The lowest BCUT2D eigenvalue weighted by atomic mass is 9.71. The molecule has 1 amide bonds. The zero-order chi connectivity index (χ0) is 28.1. The fraction of sp³-hybridized carbons (Fsp3) is 0.727. The van der Waals surface area contributed by atoms with Gasteiger partial charge in [0.1, 0.15) is 23.5 Å². The van der Waals surface area contributed by atoms with E-state index >= 15 is 0 Å². The molecule has 39 heavy (non-hydrogen) atoms. The van der Waals surface area contributed by atoms with Gasteiger partial charge in [-0.2, -0.15) is 0 Å². The molecule has 1 saturated heterocycles. The van der Waals surface area contributed by atoms with Crippen molar-refractivity contribution in [3.63, 3.8) is 0 Å². The average Bonchev–Trinajstić information content (AvgIpc) is 3.16. The first-order valence-corrected chi connectivity index (χ1v) is 14.5. The molecule has 226 valence electrons. The van der Waals surface area contributed by atoms with E-state index in [1.165, 1.54) is 24.8 Å². The van der Waals surface area contributed by atoms with Crippen molar-refractivity contribution in [2.75, 3.05) is 20.3 Å². The molecule has 1 aliphatic carbocycles. The number of ether oxygens (including phenoxy) is 2. The van der Waals surface area contributed by atoms with Crippen molar-refractivity contribution >= 4 is 17.9 Å². The third kappa shape index (κ3) is 12.2. The third-order valence-electron chi connectivity index (χ3n) is 8.25. The molecule has 0 aromatic carbocycles. The van der Waals surface area contributed by atoms with Gasteiger partial charge in [-0.05, 0) is 89.0 Å². The van der Waals surface area contributed by atoms with Crippen LogP contribution in [0.3, 0.4) is 0 Å². The molecule has 2 fully saturated rings. The van der Waals surface area contributed by atoms with Gasteiger partial charge in [0.05, 0.1) is 0 Å². The van der Waals surface area contributed by atoms with Gasteiger partial charge in [0.15, 0.2) is 0 Å². The maximum atomic E-state index is 12.3. The van der Waals surface area contributed by atoms with Gasteiger partial charge >= 0.3 is 0 Å². The summed E-state index contributed by atoms with van der Waals surface area (Å²) in [6.07, 6.45) is 15.4. The molecule has 0 spiro atoms. The summed E-state index contributed by atoms with van der Waals surface area (Å²) in [7, 11) is 1.70. The average molecular weight is 549 g/mol. The summed E-state index contributed by atoms with van der Waals surface area (Å²) < 4.78 is 11.2. The smallest absolute Gasteiger partial charge is 0.265 e. The Bertz CT molecular complexity index is 903. The first-order chi connectivity index (χ1) is 18.1. The van der Waals surface area contributed by atoms with Crippen LogP contribution in [0.15, 0.2) is 39.8 Å². The van der Waals surface area contributed by atoms with E-state index in [1.54, 1.807) is 7.05 Å². The second-order valence-corrected chi connectivity index (χ2v) is 12.2. The Balaban J connectivity index is 0. The lowest BCUT2D eigenvalue weighted by molar-refractivity contribution is -0.115. The molecule has 0 radical (unpaired) electrons. The van der Waals surface area contributed by atoms with Crippen LogP contribution in [0, 0.1) is 17.3 Å². The molecular formula is C33H60N2O4. The Kier molecular flexibility index (Phi) is 15.6. The Morgan fingerprint density at radius 2 is 1.85 bits per heavy atom. The normalized spacial score (nSPS) is 24.7. The van der Waals surface area contributed by atoms with Crippen molar-refractivity contribution in [2.45, 2.75) is 119 Å². The summed E-state index contributed by atoms with van der Waals surface area (Å²) >= 11 is 0. The molecule has 1 saturated carbocycles. The van der Waals surface area contributed by atoms with Gasteiger partial charge < -0.3 is 14.8 Å². The number of rotatable bonds is 7. The Morgan fingerprint density at radius 1 is 1.15 bits per heavy atom. The Morgan fingerprint density at radius 3 is 2.41 bits per heavy atom. The molecule has 0 aromatic rings. The van der Waals surface area contributed by atoms with Crippen LogP contribution >= 0.6 is 0 Å². The zero-order valence-corrected chi connectivity index (χ0v) is 25.0. The zero-order valence-electron chi connectivity index (χ0n) is 25.0. The molecule has 2 aliphatic heterocycles. The molecule has 1 atom stereocenters. The van der Waals surface area contributed by atoms with Gasteiger partial charge in [-0.15, -0.1) is 0 Å². The molecule has 0 aromatic heterocycles. The highest BCUT2D eigenvalue weighted by atomic mass is 16.5.